The fourth-order valence-corrected chi connectivity index (χ4v) is 3.63. The minimum absolute atomic E-state index is 0.111. The number of aryl methyl sites for hydroxylation is 2. The molecule has 0 amide bonds. The number of rotatable bonds is 6. The van der Waals surface area contributed by atoms with Crippen LogP contribution in [-0.2, 0) is 13.0 Å². The molecule has 2 aromatic heterocycles. The molecule has 6 nitrogen and oxygen atoms in total. The highest BCUT2D eigenvalue weighted by atomic mass is 35.5. The maximum absolute atomic E-state index is 13.5. The van der Waals surface area contributed by atoms with Crippen LogP contribution in [-0.4, -0.2) is 26.2 Å². The second-order valence-electron chi connectivity index (χ2n) is 7.40. The molecule has 0 unspecified atom stereocenters. The minimum Gasteiger partial charge on any atom is -0.441 e. The summed E-state index contributed by atoms with van der Waals surface area (Å²) in [5.74, 6) is 0.998. The molecule has 4 rings (SSSR count). The lowest BCUT2D eigenvalue weighted by molar-refractivity contribution is 0.298. The van der Waals surface area contributed by atoms with Crippen LogP contribution in [0, 0.1) is 19.7 Å². The van der Waals surface area contributed by atoms with Crippen molar-refractivity contribution in [1.82, 2.24) is 14.5 Å². The standard InChI is InChI=1S/C24H21ClFN3O3/c1-14-20(11-12-30)24(31)29(22(27-14)16-5-9-19(26)10-6-16)13-21-15(2)32-23(28-21)17-3-7-18(25)8-4-17/h3-10,30H,11-13H2,1-2H3. The van der Waals surface area contributed by atoms with Gasteiger partial charge < -0.3 is 9.52 Å². The van der Waals surface area contributed by atoms with E-state index in [1.54, 1.807) is 50.2 Å². The van der Waals surface area contributed by atoms with Crippen molar-refractivity contribution in [2.45, 2.75) is 26.8 Å². The third-order valence-corrected chi connectivity index (χ3v) is 5.48. The van der Waals surface area contributed by atoms with Crippen LogP contribution in [0.4, 0.5) is 4.39 Å². The lowest BCUT2D eigenvalue weighted by atomic mass is 10.1. The van der Waals surface area contributed by atoms with Gasteiger partial charge in [0, 0.05) is 40.4 Å². The maximum Gasteiger partial charge on any atom is 0.257 e. The molecule has 0 aliphatic heterocycles. The Morgan fingerprint density at radius 2 is 1.69 bits per heavy atom. The van der Waals surface area contributed by atoms with Crippen LogP contribution in [0.5, 0.6) is 0 Å². The average molecular weight is 454 g/mol. The molecule has 0 bridgehead atoms. The van der Waals surface area contributed by atoms with E-state index in [1.165, 1.54) is 16.7 Å². The van der Waals surface area contributed by atoms with Crippen molar-refractivity contribution in [2.24, 2.45) is 0 Å². The third kappa shape index (κ3) is 4.35. The molecule has 32 heavy (non-hydrogen) atoms. The molecule has 0 saturated carbocycles. The Kier molecular flexibility index (Phi) is 6.21. The molecule has 0 aliphatic carbocycles. The number of aliphatic hydroxyl groups is 1. The number of nitrogens with zero attached hydrogens (tertiary/aromatic N) is 3. The first-order valence-electron chi connectivity index (χ1n) is 10.1. The highest BCUT2D eigenvalue weighted by molar-refractivity contribution is 6.30. The Morgan fingerprint density at radius 3 is 2.34 bits per heavy atom. The van der Waals surface area contributed by atoms with Gasteiger partial charge in [0.2, 0.25) is 5.89 Å². The van der Waals surface area contributed by atoms with Crippen LogP contribution in [0.2, 0.25) is 5.02 Å². The second kappa shape index (κ2) is 9.06. The Morgan fingerprint density at radius 1 is 1.03 bits per heavy atom. The average Bonchev–Trinajstić information content (AvgIpc) is 3.14. The van der Waals surface area contributed by atoms with E-state index in [0.717, 1.165) is 5.56 Å². The zero-order valence-corrected chi connectivity index (χ0v) is 18.4. The predicted molar refractivity (Wildman–Crippen MR) is 120 cm³/mol. The van der Waals surface area contributed by atoms with Gasteiger partial charge in [-0.25, -0.2) is 14.4 Å². The SMILES string of the molecule is Cc1nc(-c2ccc(F)cc2)n(Cc2nc(-c3ccc(Cl)cc3)oc2C)c(=O)c1CCO. The van der Waals surface area contributed by atoms with Gasteiger partial charge in [-0.15, -0.1) is 0 Å². The number of halogens is 2. The Bertz CT molecular complexity index is 1310. The molecule has 0 saturated heterocycles. The van der Waals surface area contributed by atoms with Gasteiger partial charge in [0.05, 0.1) is 6.54 Å². The van der Waals surface area contributed by atoms with E-state index in [2.05, 4.69) is 9.97 Å². The summed E-state index contributed by atoms with van der Waals surface area (Å²) in [7, 11) is 0. The van der Waals surface area contributed by atoms with Crippen LogP contribution in [0.25, 0.3) is 22.8 Å². The molecule has 164 valence electrons. The van der Waals surface area contributed by atoms with Crippen molar-refractivity contribution in [3.05, 3.63) is 92.4 Å². The highest BCUT2D eigenvalue weighted by Crippen LogP contribution is 2.25. The lowest BCUT2D eigenvalue weighted by Gasteiger charge is -2.15. The molecule has 2 heterocycles. The molecule has 2 aromatic carbocycles. The smallest absolute Gasteiger partial charge is 0.257 e. The number of benzene rings is 2. The first-order chi connectivity index (χ1) is 15.4. The summed E-state index contributed by atoms with van der Waals surface area (Å²) in [6.07, 6.45) is 0.190. The fraction of sp³-hybridized carbons (Fsp3) is 0.208. The molecule has 0 fully saturated rings. The highest BCUT2D eigenvalue weighted by Gasteiger charge is 2.19. The van der Waals surface area contributed by atoms with E-state index in [-0.39, 0.29) is 30.9 Å². The molecule has 0 spiro atoms. The summed E-state index contributed by atoms with van der Waals surface area (Å²) < 4.78 is 20.8. The van der Waals surface area contributed by atoms with Gasteiger partial charge in [0.1, 0.15) is 23.1 Å². The molecule has 8 heteroatoms. The van der Waals surface area contributed by atoms with E-state index >= 15 is 0 Å². The summed E-state index contributed by atoms with van der Waals surface area (Å²) in [5, 5.41) is 10.0. The largest absolute Gasteiger partial charge is 0.441 e. The number of oxazole rings is 1. The monoisotopic (exact) mass is 453 g/mol. The molecule has 0 atom stereocenters. The van der Waals surface area contributed by atoms with Gasteiger partial charge in [-0.05, 0) is 62.4 Å². The van der Waals surface area contributed by atoms with Crippen molar-refractivity contribution in [2.75, 3.05) is 6.61 Å². The van der Waals surface area contributed by atoms with Gasteiger partial charge >= 0.3 is 0 Å². The Balaban J connectivity index is 1.82. The van der Waals surface area contributed by atoms with Crippen molar-refractivity contribution in [1.29, 1.82) is 0 Å². The van der Waals surface area contributed by atoms with Gasteiger partial charge in [-0.1, -0.05) is 11.6 Å². The van der Waals surface area contributed by atoms with Crippen molar-refractivity contribution >= 4 is 11.6 Å². The normalized spacial score (nSPS) is 11.2. The zero-order valence-electron chi connectivity index (χ0n) is 17.6. The van der Waals surface area contributed by atoms with E-state index in [0.29, 0.717) is 45.0 Å². The van der Waals surface area contributed by atoms with E-state index in [1.807, 2.05) is 0 Å². The minimum atomic E-state index is -0.378. The Hall–Kier alpha value is -3.29. The summed E-state index contributed by atoms with van der Waals surface area (Å²) >= 11 is 5.96. The lowest BCUT2D eigenvalue weighted by Crippen LogP contribution is -2.29. The first kappa shape index (κ1) is 21.9. The fourth-order valence-electron chi connectivity index (χ4n) is 3.51. The Labute approximate surface area is 189 Å². The molecular weight excluding hydrogens is 433 g/mol. The van der Waals surface area contributed by atoms with Crippen LogP contribution in [0.15, 0.2) is 57.7 Å². The molecule has 0 aliphatic rings. The van der Waals surface area contributed by atoms with Crippen molar-refractivity contribution in [3.63, 3.8) is 0 Å². The van der Waals surface area contributed by atoms with Crippen LogP contribution in [0.1, 0.15) is 22.7 Å². The molecular formula is C24H21ClFN3O3. The van der Waals surface area contributed by atoms with Gasteiger partial charge in [-0.2, -0.15) is 0 Å². The van der Waals surface area contributed by atoms with E-state index in [9.17, 15) is 14.3 Å². The summed E-state index contributed by atoms with van der Waals surface area (Å²) in [5.41, 5.74) is 2.61. The van der Waals surface area contributed by atoms with Gasteiger partial charge in [-0.3, -0.25) is 9.36 Å². The van der Waals surface area contributed by atoms with Crippen molar-refractivity contribution in [3.8, 4) is 22.8 Å². The number of aliphatic hydroxyl groups excluding tert-OH is 1. The zero-order chi connectivity index (χ0) is 22.8. The number of hydrogen-bond acceptors (Lipinski definition) is 5. The second-order valence-corrected chi connectivity index (χ2v) is 7.84. The molecule has 1 N–H and O–H groups in total. The van der Waals surface area contributed by atoms with E-state index < -0.39 is 0 Å². The van der Waals surface area contributed by atoms with Gasteiger partial charge in [0.25, 0.3) is 5.56 Å². The van der Waals surface area contributed by atoms with Crippen molar-refractivity contribution < 1.29 is 13.9 Å². The quantitative estimate of drug-likeness (QED) is 0.463. The number of hydrogen-bond donors (Lipinski definition) is 1. The summed E-state index contributed by atoms with van der Waals surface area (Å²) in [6.45, 7) is 3.45. The van der Waals surface area contributed by atoms with Crippen LogP contribution < -0.4 is 5.56 Å². The number of aromatic nitrogens is 3. The van der Waals surface area contributed by atoms with E-state index in [4.69, 9.17) is 16.0 Å². The molecule has 0 radical (unpaired) electrons. The van der Waals surface area contributed by atoms with Gasteiger partial charge in [0.15, 0.2) is 0 Å². The first-order valence-corrected chi connectivity index (χ1v) is 10.4. The topological polar surface area (TPSA) is 81.2 Å². The third-order valence-electron chi connectivity index (χ3n) is 5.23. The summed E-state index contributed by atoms with van der Waals surface area (Å²) in [6, 6.07) is 12.9. The van der Waals surface area contributed by atoms with Crippen LogP contribution in [0.3, 0.4) is 0 Å². The summed E-state index contributed by atoms with van der Waals surface area (Å²) in [4.78, 5) is 22.5. The van der Waals surface area contributed by atoms with Crippen LogP contribution >= 0.6 is 11.6 Å². The maximum atomic E-state index is 13.5. The predicted octanol–water partition coefficient (Wildman–Crippen LogP) is 4.56. The molecule has 4 aromatic rings.